The number of fused-ring (bicyclic) bond motifs is 1. The van der Waals surface area contributed by atoms with E-state index in [0.717, 1.165) is 41.2 Å². The van der Waals surface area contributed by atoms with Crippen molar-refractivity contribution < 1.29 is 14.3 Å². The SMILES string of the molecule is CCCCOC(=O)NCC=Cc1cnc(Nc2nc(C)c3ccccc3n2)n1COCC[Si](C)(C)C. The number of para-hydroxylation sites is 1. The van der Waals surface area contributed by atoms with Gasteiger partial charge in [-0.3, -0.25) is 9.88 Å². The van der Waals surface area contributed by atoms with Gasteiger partial charge in [-0.2, -0.15) is 0 Å². The predicted molar refractivity (Wildman–Crippen MR) is 147 cm³/mol. The van der Waals surface area contributed by atoms with E-state index >= 15 is 0 Å². The number of hydrogen-bond acceptors (Lipinski definition) is 7. The number of imidazole rings is 1. The van der Waals surface area contributed by atoms with Gasteiger partial charge in [0.25, 0.3) is 0 Å². The largest absolute Gasteiger partial charge is 0.450 e. The van der Waals surface area contributed by atoms with Gasteiger partial charge in [-0.05, 0) is 31.5 Å². The summed E-state index contributed by atoms with van der Waals surface area (Å²) in [5, 5.41) is 7.00. The molecule has 0 atom stereocenters. The molecule has 0 saturated heterocycles. The number of nitrogens with zero attached hydrogens (tertiary/aromatic N) is 4. The zero-order valence-electron chi connectivity index (χ0n) is 22.0. The Kier molecular flexibility index (Phi) is 10.0. The van der Waals surface area contributed by atoms with Crippen LogP contribution < -0.4 is 10.6 Å². The monoisotopic (exact) mass is 510 g/mol. The van der Waals surface area contributed by atoms with E-state index in [1.807, 2.05) is 47.9 Å². The zero-order valence-corrected chi connectivity index (χ0v) is 23.0. The summed E-state index contributed by atoms with van der Waals surface area (Å²) in [5.41, 5.74) is 2.60. The number of aromatic nitrogens is 4. The Morgan fingerprint density at radius 2 is 1.97 bits per heavy atom. The third-order valence-electron chi connectivity index (χ3n) is 5.50. The molecule has 0 spiro atoms. The van der Waals surface area contributed by atoms with Crippen LogP contribution in [0.2, 0.25) is 25.7 Å². The van der Waals surface area contributed by atoms with E-state index in [9.17, 15) is 4.79 Å². The molecule has 1 amide bonds. The normalized spacial score (nSPS) is 11.8. The summed E-state index contributed by atoms with van der Waals surface area (Å²) in [6.45, 7) is 12.8. The molecule has 1 aromatic carbocycles. The van der Waals surface area contributed by atoms with E-state index in [1.54, 1.807) is 6.20 Å². The van der Waals surface area contributed by atoms with Crippen LogP contribution in [0.15, 0.2) is 36.5 Å². The second-order valence-electron chi connectivity index (χ2n) is 9.83. The Balaban J connectivity index is 1.72. The number of nitrogens with one attached hydrogen (secondary N) is 2. The fourth-order valence-electron chi connectivity index (χ4n) is 3.36. The van der Waals surface area contributed by atoms with Crippen LogP contribution in [0.4, 0.5) is 16.7 Å². The van der Waals surface area contributed by atoms with E-state index in [4.69, 9.17) is 9.47 Å². The van der Waals surface area contributed by atoms with E-state index in [1.165, 1.54) is 0 Å². The molecule has 0 bridgehead atoms. The van der Waals surface area contributed by atoms with Crippen molar-refractivity contribution in [3.8, 4) is 0 Å². The summed E-state index contributed by atoms with van der Waals surface area (Å²) in [6.07, 6.45) is 6.94. The first-order valence-electron chi connectivity index (χ1n) is 12.5. The highest BCUT2D eigenvalue weighted by molar-refractivity contribution is 6.76. The van der Waals surface area contributed by atoms with Crippen molar-refractivity contribution in [2.75, 3.05) is 25.1 Å². The minimum absolute atomic E-state index is 0.339. The molecule has 2 aromatic heterocycles. The third kappa shape index (κ3) is 8.45. The first kappa shape index (κ1) is 27.3. The quantitative estimate of drug-likeness (QED) is 0.223. The number of hydrogen-bond donors (Lipinski definition) is 2. The summed E-state index contributed by atoms with van der Waals surface area (Å²) < 4.78 is 13.1. The molecule has 0 aliphatic heterocycles. The third-order valence-corrected chi connectivity index (χ3v) is 7.21. The lowest BCUT2D eigenvalue weighted by Gasteiger charge is -2.17. The number of carbonyl (C=O) groups excluding carboxylic acids is 1. The number of unbranched alkanes of at least 4 members (excludes halogenated alkanes) is 1. The van der Waals surface area contributed by atoms with Crippen LogP contribution in [0.3, 0.4) is 0 Å². The Morgan fingerprint density at radius 1 is 1.17 bits per heavy atom. The van der Waals surface area contributed by atoms with Crippen molar-refractivity contribution in [3.05, 3.63) is 47.9 Å². The van der Waals surface area contributed by atoms with Gasteiger partial charge in [0, 0.05) is 26.6 Å². The number of amides is 1. The lowest BCUT2D eigenvalue weighted by molar-refractivity contribution is 0.0882. The van der Waals surface area contributed by atoms with Crippen molar-refractivity contribution in [1.29, 1.82) is 0 Å². The highest BCUT2D eigenvalue weighted by atomic mass is 28.3. The Hall–Kier alpha value is -3.24. The molecule has 10 heteroatoms. The summed E-state index contributed by atoms with van der Waals surface area (Å²) in [6, 6.07) is 9.00. The number of benzene rings is 1. The maximum atomic E-state index is 11.8. The van der Waals surface area contributed by atoms with Crippen molar-refractivity contribution in [2.45, 2.75) is 59.1 Å². The molecule has 0 unspecified atom stereocenters. The molecule has 3 aromatic rings. The second kappa shape index (κ2) is 13.2. The lowest BCUT2D eigenvalue weighted by atomic mass is 10.2. The van der Waals surface area contributed by atoms with Gasteiger partial charge in [-0.25, -0.2) is 19.7 Å². The van der Waals surface area contributed by atoms with E-state index in [-0.39, 0.29) is 0 Å². The number of anilines is 2. The molecular weight excluding hydrogens is 472 g/mol. The number of aryl methyl sites for hydroxylation is 1. The average Bonchev–Trinajstić information content (AvgIpc) is 3.20. The molecule has 194 valence electrons. The van der Waals surface area contributed by atoms with Gasteiger partial charge in [-0.1, -0.05) is 57.3 Å². The fraction of sp³-hybridized carbons (Fsp3) is 0.462. The van der Waals surface area contributed by atoms with E-state index < -0.39 is 14.2 Å². The molecule has 0 fully saturated rings. The molecule has 0 radical (unpaired) electrons. The summed E-state index contributed by atoms with van der Waals surface area (Å²) in [7, 11) is -1.20. The lowest BCUT2D eigenvalue weighted by Crippen LogP contribution is -2.24. The van der Waals surface area contributed by atoms with Crippen LogP contribution in [0.5, 0.6) is 0 Å². The molecule has 0 aliphatic carbocycles. The van der Waals surface area contributed by atoms with Crippen molar-refractivity contribution >= 4 is 43.0 Å². The fourth-order valence-corrected chi connectivity index (χ4v) is 4.12. The second-order valence-corrected chi connectivity index (χ2v) is 15.5. The number of carbonyl (C=O) groups is 1. The number of rotatable bonds is 13. The molecule has 2 heterocycles. The average molecular weight is 511 g/mol. The molecule has 36 heavy (non-hydrogen) atoms. The molecule has 0 saturated carbocycles. The van der Waals surface area contributed by atoms with Crippen LogP contribution in [0.25, 0.3) is 17.0 Å². The first-order chi connectivity index (χ1) is 17.3. The van der Waals surface area contributed by atoms with Gasteiger partial charge >= 0.3 is 6.09 Å². The van der Waals surface area contributed by atoms with E-state index in [0.29, 0.717) is 38.4 Å². The smallest absolute Gasteiger partial charge is 0.407 e. The van der Waals surface area contributed by atoms with Crippen LogP contribution >= 0.6 is 0 Å². The maximum Gasteiger partial charge on any atom is 0.407 e. The Labute approximate surface area is 214 Å². The van der Waals surface area contributed by atoms with Gasteiger partial charge in [0.1, 0.15) is 6.73 Å². The molecule has 9 nitrogen and oxygen atoms in total. The molecule has 3 rings (SSSR count). The first-order valence-corrected chi connectivity index (χ1v) is 16.2. The topological polar surface area (TPSA) is 103 Å². The molecule has 2 N–H and O–H groups in total. The van der Waals surface area contributed by atoms with Crippen molar-refractivity contribution in [1.82, 2.24) is 24.8 Å². The number of alkyl carbamates (subject to hydrolysis) is 1. The van der Waals surface area contributed by atoms with Crippen LogP contribution in [-0.2, 0) is 16.2 Å². The summed E-state index contributed by atoms with van der Waals surface area (Å²) >= 11 is 0. The highest BCUT2D eigenvalue weighted by Crippen LogP contribution is 2.21. The minimum atomic E-state index is -1.20. The van der Waals surface area contributed by atoms with Crippen molar-refractivity contribution in [2.24, 2.45) is 0 Å². The van der Waals surface area contributed by atoms with Gasteiger partial charge in [0.15, 0.2) is 0 Å². The van der Waals surface area contributed by atoms with Crippen LogP contribution in [0, 0.1) is 6.92 Å². The van der Waals surface area contributed by atoms with Gasteiger partial charge in [-0.15, -0.1) is 0 Å². The van der Waals surface area contributed by atoms with Crippen LogP contribution in [0.1, 0.15) is 31.2 Å². The van der Waals surface area contributed by atoms with Gasteiger partial charge in [0.05, 0.1) is 29.7 Å². The summed E-state index contributed by atoms with van der Waals surface area (Å²) in [4.78, 5) is 25.6. The molecule has 0 aliphatic rings. The highest BCUT2D eigenvalue weighted by Gasteiger charge is 2.14. The summed E-state index contributed by atoms with van der Waals surface area (Å²) in [5.74, 6) is 1.07. The Bertz CT molecular complexity index is 1170. The zero-order chi connectivity index (χ0) is 26.0. The maximum absolute atomic E-state index is 11.8. The van der Waals surface area contributed by atoms with Gasteiger partial charge in [0.2, 0.25) is 11.9 Å². The van der Waals surface area contributed by atoms with Crippen LogP contribution in [-0.4, -0.2) is 53.4 Å². The van der Waals surface area contributed by atoms with Crippen molar-refractivity contribution in [3.63, 3.8) is 0 Å². The van der Waals surface area contributed by atoms with Gasteiger partial charge < -0.3 is 14.8 Å². The minimum Gasteiger partial charge on any atom is -0.450 e. The molecular formula is C26H38N6O3Si. The Morgan fingerprint density at radius 3 is 2.75 bits per heavy atom. The standard InChI is InChI=1S/C26H38N6O3Si/c1-6-7-15-35-26(33)27-14-10-11-21-18-28-25(32(21)19-34-16-17-36(3,4)5)31-24-29-20(2)22-12-8-9-13-23(22)30-24/h8-13,18H,6-7,14-17,19H2,1-5H3,(H,27,33)(H,28,29,30,31). The number of ether oxygens (including phenoxy) is 2. The predicted octanol–water partition coefficient (Wildman–Crippen LogP) is 5.73. The van der Waals surface area contributed by atoms with E-state index in [2.05, 4.69) is 52.2 Å².